The van der Waals surface area contributed by atoms with Crippen LogP contribution in [-0.2, 0) is 4.79 Å². The Morgan fingerprint density at radius 1 is 1.56 bits per heavy atom. The number of nitrogens with zero attached hydrogens (tertiary/aromatic N) is 1. The number of hydrogen-bond acceptors (Lipinski definition) is 2. The van der Waals surface area contributed by atoms with E-state index in [4.69, 9.17) is 0 Å². The molecule has 1 unspecified atom stereocenters. The van der Waals surface area contributed by atoms with Crippen LogP contribution in [0.3, 0.4) is 0 Å². The average Bonchev–Trinajstić information content (AvgIpc) is 2.78. The quantitative estimate of drug-likeness (QED) is 0.889. The molecule has 0 bridgehead atoms. The summed E-state index contributed by atoms with van der Waals surface area (Å²) in [6.07, 6.45) is 2.37. The van der Waals surface area contributed by atoms with Gasteiger partial charge in [0.2, 0.25) is 5.91 Å². The molecular weight excluding hydrogens is 231 g/mol. The fourth-order valence-corrected chi connectivity index (χ4v) is 2.31. The first-order valence-corrected chi connectivity index (χ1v) is 6.49. The third-order valence-electron chi connectivity index (χ3n) is 3.20. The van der Waals surface area contributed by atoms with Crippen LogP contribution in [0, 0.1) is 5.82 Å². The van der Waals surface area contributed by atoms with Gasteiger partial charge >= 0.3 is 0 Å². The highest BCUT2D eigenvalue weighted by Crippen LogP contribution is 2.21. The van der Waals surface area contributed by atoms with Crippen LogP contribution in [0.2, 0.25) is 0 Å². The minimum atomic E-state index is -0.217. The Morgan fingerprint density at radius 2 is 2.39 bits per heavy atom. The molecule has 98 valence electrons. The van der Waals surface area contributed by atoms with E-state index in [1.165, 1.54) is 12.1 Å². The molecule has 0 aromatic heterocycles. The summed E-state index contributed by atoms with van der Waals surface area (Å²) < 4.78 is 13.1. The number of halogens is 1. The maximum Gasteiger partial charge on any atom is 0.220 e. The highest BCUT2D eigenvalue weighted by atomic mass is 19.1. The van der Waals surface area contributed by atoms with Gasteiger partial charge < -0.3 is 10.2 Å². The largest absolute Gasteiger partial charge is 0.369 e. The van der Waals surface area contributed by atoms with Crippen LogP contribution in [0.25, 0.3) is 0 Å². The van der Waals surface area contributed by atoms with Gasteiger partial charge in [-0.3, -0.25) is 4.79 Å². The van der Waals surface area contributed by atoms with Crippen LogP contribution < -0.4 is 10.2 Å². The van der Waals surface area contributed by atoms with Gasteiger partial charge in [-0.05, 0) is 31.0 Å². The molecule has 1 aromatic rings. The predicted molar refractivity (Wildman–Crippen MR) is 70.1 cm³/mol. The molecule has 1 N–H and O–H groups in total. The summed E-state index contributed by atoms with van der Waals surface area (Å²) in [4.78, 5) is 13.6. The monoisotopic (exact) mass is 250 g/mol. The number of benzene rings is 1. The Morgan fingerprint density at radius 3 is 3.11 bits per heavy atom. The van der Waals surface area contributed by atoms with Crippen molar-refractivity contribution in [2.45, 2.75) is 32.2 Å². The Hall–Kier alpha value is -1.58. The number of carbonyl (C=O) groups is 1. The van der Waals surface area contributed by atoms with Gasteiger partial charge in [0.1, 0.15) is 5.82 Å². The maximum absolute atomic E-state index is 13.1. The van der Waals surface area contributed by atoms with E-state index in [1.54, 1.807) is 6.07 Å². The summed E-state index contributed by atoms with van der Waals surface area (Å²) in [6, 6.07) is 6.79. The molecule has 4 heteroatoms. The topological polar surface area (TPSA) is 32.3 Å². The lowest BCUT2D eigenvalue weighted by molar-refractivity contribution is -0.121. The van der Waals surface area contributed by atoms with Gasteiger partial charge in [0.05, 0.1) is 0 Å². The molecule has 1 saturated heterocycles. The van der Waals surface area contributed by atoms with Crippen LogP contribution >= 0.6 is 0 Å². The van der Waals surface area contributed by atoms with E-state index in [-0.39, 0.29) is 17.8 Å². The van der Waals surface area contributed by atoms with E-state index in [2.05, 4.69) is 10.2 Å². The van der Waals surface area contributed by atoms with Gasteiger partial charge in [0, 0.05) is 31.2 Å². The van der Waals surface area contributed by atoms with Gasteiger partial charge in [-0.15, -0.1) is 0 Å². The summed E-state index contributed by atoms with van der Waals surface area (Å²) >= 11 is 0. The number of carbonyl (C=O) groups excluding carboxylic acids is 1. The van der Waals surface area contributed by atoms with E-state index in [9.17, 15) is 9.18 Å². The Kier molecular flexibility index (Phi) is 4.18. The second kappa shape index (κ2) is 5.85. The first-order valence-electron chi connectivity index (χ1n) is 6.49. The van der Waals surface area contributed by atoms with Gasteiger partial charge in [-0.2, -0.15) is 0 Å². The maximum atomic E-state index is 13.1. The van der Waals surface area contributed by atoms with Gasteiger partial charge in [-0.25, -0.2) is 4.39 Å². The molecule has 1 amide bonds. The van der Waals surface area contributed by atoms with Crippen molar-refractivity contribution in [1.29, 1.82) is 0 Å². The minimum absolute atomic E-state index is 0.114. The lowest BCUT2D eigenvalue weighted by Crippen LogP contribution is -2.36. The lowest BCUT2D eigenvalue weighted by atomic mass is 10.2. The zero-order chi connectivity index (χ0) is 13.0. The molecule has 1 heterocycles. The van der Waals surface area contributed by atoms with Crippen molar-refractivity contribution in [2.24, 2.45) is 0 Å². The van der Waals surface area contributed by atoms with Crippen LogP contribution in [0.4, 0.5) is 10.1 Å². The average molecular weight is 250 g/mol. The van der Waals surface area contributed by atoms with Crippen LogP contribution in [0.5, 0.6) is 0 Å². The van der Waals surface area contributed by atoms with Crippen molar-refractivity contribution in [1.82, 2.24) is 5.32 Å². The number of rotatable bonds is 4. The molecule has 1 aliphatic heterocycles. The smallest absolute Gasteiger partial charge is 0.220 e. The fraction of sp³-hybridized carbons (Fsp3) is 0.500. The molecule has 1 atom stereocenters. The van der Waals surface area contributed by atoms with Crippen molar-refractivity contribution in [2.75, 3.05) is 18.0 Å². The van der Waals surface area contributed by atoms with E-state index in [1.807, 2.05) is 13.0 Å². The predicted octanol–water partition coefficient (Wildman–Crippen LogP) is 2.32. The standard InChI is InChI=1S/C14H19FN2O/c1-2-4-14(18)16-12-7-8-17(10-12)13-6-3-5-11(15)9-13/h3,5-6,9,12H,2,4,7-8,10H2,1H3,(H,16,18). The normalized spacial score (nSPS) is 19.0. The molecule has 3 nitrogen and oxygen atoms in total. The molecule has 1 fully saturated rings. The highest BCUT2D eigenvalue weighted by molar-refractivity contribution is 5.76. The third-order valence-corrected chi connectivity index (χ3v) is 3.20. The minimum Gasteiger partial charge on any atom is -0.369 e. The number of nitrogens with one attached hydrogen (secondary N) is 1. The van der Waals surface area contributed by atoms with E-state index in [0.29, 0.717) is 6.42 Å². The SMILES string of the molecule is CCCC(=O)NC1CCN(c2cccc(F)c2)C1. The van der Waals surface area contributed by atoms with Crippen LogP contribution in [0.15, 0.2) is 24.3 Å². The molecule has 0 saturated carbocycles. The molecule has 1 aliphatic rings. The second-order valence-electron chi connectivity index (χ2n) is 4.73. The molecule has 0 spiro atoms. The van der Waals surface area contributed by atoms with Gasteiger partial charge in [0.15, 0.2) is 0 Å². The Bertz CT molecular complexity index is 422. The molecule has 0 aliphatic carbocycles. The summed E-state index contributed by atoms with van der Waals surface area (Å²) in [7, 11) is 0. The van der Waals surface area contributed by atoms with Crippen molar-refractivity contribution in [3.63, 3.8) is 0 Å². The first kappa shape index (κ1) is 12.9. The van der Waals surface area contributed by atoms with Crippen molar-refractivity contribution >= 4 is 11.6 Å². The number of amides is 1. The highest BCUT2D eigenvalue weighted by Gasteiger charge is 2.23. The van der Waals surface area contributed by atoms with Crippen LogP contribution in [0.1, 0.15) is 26.2 Å². The van der Waals surface area contributed by atoms with E-state index < -0.39 is 0 Å². The van der Waals surface area contributed by atoms with Crippen molar-refractivity contribution < 1.29 is 9.18 Å². The summed E-state index contributed by atoms with van der Waals surface area (Å²) in [5.74, 6) is -0.102. The summed E-state index contributed by atoms with van der Waals surface area (Å²) in [5.41, 5.74) is 0.891. The van der Waals surface area contributed by atoms with Crippen molar-refractivity contribution in [3.05, 3.63) is 30.1 Å². The molecule has 1 aromatic carbocycles. The lowest BCUT2D eigenvalue weighted by Gasteiger charge is -2.19. The molecular formula is C14H19FN2O. The van der Waals surface area contributed by atoms with E-state index >= 15 is 0 Å². The second-order valence-corrected chi connectivity index (χ2v) is 4.73. The molecule has 0 radical (unpaired) electrons. The molecule has 18 heavy (non-hydrogen) atoms. The summed E-state index contributed by atoms with van der Waals surface area (Å²) in [6.45, 7) is 3.62. The summed E-state index contributed by atoms with van der Waals surface area (Å²) in [5, 5.41) is 3.02. The zero-order valence-corrected chi connectivity index (χ0v) is 10.7. The van der Waals surface area contributed by atoms with Gasteiger partial charge in [-0.1, -0.05) is 13.0 Å². The number of anilines is 1. The Balaban J connectivity index is 1.90. The number of hydrogen-bond donors (Lipinski definition) is 1. The first-order chi connectivity index (χ1) is 8.69. The molecule has 2 rings (SSSR count). The van der Waals surface area contributed by atoms with Gasteiger partial charge in [0.25, 0.3) is 0 Å². The zero-order valence-electron chi connectivity index (χ0n) is 10.7. The van der Waals surface area contributed by atoms with Crippen LogP contribution in [-0.4, -0.2) is 25.0 Å². The Labute approximate surface area is 107 Å². The van der Waals surface area contributed by atoms with Crippen molar-refractivity contribution in [3.8, 4) is 0 Å². The van der Waals surface area contributed by atoms with E-state index in [0.717, 1.165) is 31.6 Å². The fourth-order valence-electron chi connectivity index (χ4n) is 2.31. The third kappa shape index (κ3) is 3.22.